The Morgan fingerprint density at radius 2 is 2.00 bits per heavy atom. The third-order valence-electron chi connectivity index (χ3n) is 2.95. The van der Waals surface area contributed by atoms with Crippen LogP contribution in [0.15, 0.2) is 55.0 Å². The Labute approximate surface area is 127 Å². The van der Waals surface area contributed by atoms with Gasteiger partial charge < -0.3 is 9.84 Å². The number of rotatable bonds is 5. The van der Waals surface area contributed by atoms with Gasteiger partial charge >= 0.3 is 0 Å². The average molecular weight is 294 g/mol. The lowest BCUT2D eigenvalue weighted by atomic mass is 10.2. The predicted octanol–water partition coefficient (Wildman–Crippen LogP) is 2.83. The first-order chi connectivity index (χ1) is 10.8. The molecule has 0 spiro atoms. The summed E-state index contributed by atoms with van der Waals surface area (Å²) < 4.78 is 5.65. The number of nitrogens with zero attached hydrogens (tertiary/aromatic N) is 3. The summed E-state index contributed by atoms with van der Waals surface area (Å²) in [4.78, 5) is 8.07. The van der Waals surface area contributed by atoms with Crippen LogP contribution in [-0.2, 0) is 6.61 Å². The minimum Gasteiger partial charge on any atom is -0.504 e. The molecule has 0 radical (unpaired) electrons. The van der Waals surface area contributed by atoms with E-state index in [2.05, 4.69) is 20.2 Å². The molecule has 0 amide bonds. The maximum absolute atomic E-state index is 9.84. The van der Waals surface area contributed by atoms with E-state index in [0.29, 0.717) is 23.9 Å². The zero-order valence-electron chi connectivity index (χ0n) is 11.7. The molecule has 0 unspecified atom stereocenters. The van der Waals surface area contributed by atoms with Crippen molar-refractivity contribution in [2.75, 3.05) is 0 Å². The molecule has 0 aliphatic rings. The Balaban J connectivity index is 1.64. The Bertz CT molecular complexity index is 738. The molecular weight excluding hydrogens is 280 g/mol. The fraction of sp³-hybridized carbons (Fsp3) is 0.0625. The van der Waals surface area contributed by atoms with Gasteiger partial charge in [-0.2, -0.15) is 5.10 Å². The van der Waals surface area contributed by atoms with Crippen molar-refractivity contribution in [1.82, 2.24) is 20.2 Å². The van der Waals surface area contributed by atoms with Gasteiger partial charge in [0.1, 0.15) is 18.7 Å². The maximum atomic E-state index is 9.84. The number of aliphatic hydroxyl groups is 1. The van der Waals surface area contributed by atoms with E-state index < -0.39 is 0 Å². The lowest BCUT2D eigenvalue weighted by molar-refractivity contribution is 0.305. The van der Waals surface area contributed by atoms with Crippen molar-refractivity contribution in [2.45, 2.75) is 6.61 Å². The number of aliphatic hydroxyl groups excluding tert-OH is 1. The molecule has 0 saturated carbocycles. The molecule has 6 nitrogen and oxygen atoms in total. The summed E-state index contributed by atoms with van der Waals surface area (Å²) >= 11 is 0. The van der Waals surface area contributed by atoms with Crippen molar-refractivity contribution in [3.05, 3.63) is 72.1 Å². The van der Waals surface area contributed by atoms with Gasteiger partial charge in [-0.1, -0.05) is 30.3 Å². The van der Waals surface area contributed by atoms with Gasteiger partial charge in [0, 0.05) is 6.08 Å². The second-order valence-electron chi connectivity index (χ2n) is 4.56. The predicted molar refractivity (Wildman–Crippen MR) is 81.9 cm³/mol. The van der Waals surface area contributed by atoms with Crippen molar-refractivity contribution in [3.8, 4) is 5.75 Å². The van der Waals surface area contributed by atoms with Gasteiger partial charge in [0.15, 0.2) is 11.6 Å². The topological polar surface area (TPSA) is 83.9 Å². The molecule has 0 fully saturated rings. The molecule has 2 heterocycles. The molecule has 3 aromatic rings. The van der Waals surface area contributed by atoms with Crippen LogP contribution in [0.1, 0.15) is 17.1 Å². The molecule has 1 aromatic carbocycles. The molecule has 6 heteroatoms. The first kappa shape index (κ1) is 13.8. The van der Waals surface area contributed by atoms with Crippen LogP contribution < -0.4 is 4.74 Å². The van der Waals surface area contributed by atoms with Gasteiger partial charge in [-0.3, -0.25) is 10.1 Å². The van der Waals surface area contributed by atoms with Gasteiger partial charge in [-0.15, -0.1) is 0 Å². The molecule has 0 atom stereocenters. The number of benzene rings is 1. The van der Waals surface area contributed by atoms with E-state index in [4.69, 9.17) is 4.74 Å². The third-order valence-corrected chi connectivity index (χ3v) is 2.95. The Morgan fingerprint density at radius 1 is 1.14 bits per heavy atom. The molecule has 0 aliphatic heterocycles. The summed E-state index contributed by atoms with van der Waals surface area (Å²) in [7, 11) is 0. The van der Waals surface area contributed by atoms with Crippen molar-refractivity contribution in [3.63, 3.8) is 0 Å². The van der Waals surface area contributed by atoms with E-state index in [1.54, 1.807) is 18.3 Å². The van der Waals surface area contributed by atoms with Crippen molar-refractivity contribution in [1.29, 1.82) is 0 Å². The molecular formula is C16H14N4O2. The van der Waals surface area contributed by atoms with Crippen LogP contribution in [0.25, 0.3) is 11.8 Å². The molecule has 0 saturated heterocycles. The highest BCUT2D eigenvalue weighted by Crippen LogP contribution is 2.15. The van der Waals surface area contributed by atoms with Crippen LogP contribution in [0.4, 0.5) is 0 Å². The van der Waals surface area contributed by atoms with E-state index in [1.807, 2.05) is 30.3 Å². The Hall–Kier alpha value is -3.15. The van der Waals surface area contributed by atoms with E-state index in [-0.39, 0.29) is 5.76 Å². The zero-order valence-corrected chi connectivity index (χ0v) is 11.7. The first-order valence-corrected chi connectivity index (χ1v) is 6.70. The largest absolute Gasteiger partial charge is 0.504 e. The summed E-state index contributed by atoms with van der Waals surface area (Å²) in [5.74, 6) is 0.939. The average Bonchev–Trinajstić information content (AvgIpc) is 3.10. The van der Waals surface area contributed by atoms with Gasteiger partial charge in [-0.25, -0.2) is 4.98 Å². The van der Waals surface area contributed by atoms with Crippen molar-refractivity contribution < 1.29 is 9.84 Å². The molecule has 2 aromatic heterocycles. The third kappa shape index (κ3) is 3.49. The highest BCUT2D eigenvalue weighted by atomic mass is 16.5. The highest BCUT2D eigenvalue weighted by Gasteiger charge is 2.03. The lowest BCUT2D eigenvalue weighted by Crippen LogP contribution is -1.95. The van der Waals surface area contributed by atoms with E-state index in [0.717, 1.165) is 5.56 Å². The second-order valence-corrected chi connectivity index (χ2v) is 4.56. The second kappa shape index (κ2) is 6.53. The van der Waals surface area contributed by atoms with Crippen molar-refractivity contribution in [2.24, 2.45) is 0 Å². The van der Waals surface area contributed by atoms with E-state index in [1.165, 1.54) is 12.4 Å². The van der Waals surface area contributed by atoms with Crippen LogP contribution in [0.2, 0.25) is 0 Å². The quantitative estimate of drug-likeness (QED) is 0.707. The molecule has 22 heavy (non-hydrogen) atoms. The molecule has 110 valence electrons. The fourth-order valence-corrected chi connectivity index (χ4v) is 1.84. The first-order valence-electron chi connectivity index (χ1n) is 6.70. The standard InChI is InChI=1S/C16H14N4O2/c21-15(16-18-11-19-20-16)8-13-6-7-14(9-17-13)22-10-12-4-2-1-3-5-12/h1-9,11,21H,10H2,(H,18,19,20)/b15-8-. The normalized spacial score (nSPS) is 11.4. The summed E-state index contributed by atoms with van der Waals surface area (Å²) in [6, 6.07) is 13.5. The number of ether oxygens (including phenoxy) is 1. The Morgan fingerprint density at radius 3 is 2.68 bits per heavy atom. The smallest absolute Gasteiger partial charge is 0.190 e. The van der Waals surface area contributed by atoms with E-state index >= 15 is 0 Å². The van der Waals surface area contributed by atoms with E-state index in [9.17, 15) is 5.11 Å². The van der Waals surface area contributed by atoms with Crippen LogP contribution in [-0.4, -0.2) is 25.3 Å². The molecule has 0 aliphatic carbocycles. The van der Waals surface area contributed by atoms with Gasteiger partial charge in [0.25, 0.3) is 0 Å². The SMILES string of the molecule is O/C(=C\c1ccc(OCc2ccccc2)cn1)c1ncn[nH]1. The van der Waals surface area contributed by atoms with Gasteiger partial charge in [0.2, 0.25) is 0 Å². The summed E-state index contributed by atoms with van der Waals surface area (Å²) in [5.41, 5.74) is 1.69. The number of aromatic amines is 1. The lowest BCUT2D eigenvalue weighted by Gasteiger charge is -2.06. The van der Waals surface area contributed by atoms with Gasteiger partial charge in [-0.05, 0) is 17.7 Å². The van der Waals surface area contributed by atoms with Crippen LogP contribution in [0.3, 0.4) is 0 Å². The number of hydrogen-bond acceptors (Lipinski definition) is 5. The zero-order chi connectivity index (χ0) is 15.2. The van der Waals surface area contributed by atoms with Gasteiger partial charge in [0.05, 0.1) is 11.9 Å². The molecule has 2 N–H and O–H groups in total. The summed E-state index contributed by atoms with van der Waals surface area (Å²) in [5, 5.41) is 16.1. The van der Waals surface area contributed by atoms with Crippen LogP contribution >= 0.6 is 0 Å². The molecule has 0 bridgehead atoms. The summed E-state index contributed by atoms with van der Waals surface area (Å²) in [6.07, 6.45) is 4.44. The maximum Gasteiger partial charge on any atom is 0.190 e. The highest BCUT2D eigenvalue weighted by molar-refractivity contribution is 5.71. The number of nitrogens with one attached hydrogen (secondary N) is 1. The fourth-order valence-electron chi connectivity index (χ4n) is 1.84. The number of H-pyrrole nitrogens is 1. The Kier molecular flexibility index (Phi) is 4.10. The minimum atomic E-state index is -0.0250. The number of hydrogen-bond donors (Lipinski definition) is 2. The number of aromatic nitrogens is 4. The number of pyridine rings is 1. The van der Waals surface area contributed by atoms with Crippen LogP contribution in [0, 0.1) is 0 Å². The van der Waals surface area contributed by atoms with Crippen molar-refractivity contribution >= 4 is 11.8 Å². The minimum absolute atomic E-state index is 0.0250. The monoisotopic (exact) mass is 294 g/mol. The van der Waals surface area contributed by atoms with Crippen LogP contribution in [0.5, 0.6) is 5.75 Å². The molecule has 3 rings (SSSR count). The summed E-state index contributed by atoms with van der Waals surface area (Å²) in [6.45, 7) is 0.487.